The van der Waals surface area contributed by atoms with Gasteiger partial charge >= 0.3 is 6.36 Å². The van der Waals surface area contributed by atoms with Crippen LogP contribution in [0.4, 0.5) is 22.0 Å². The molecular formula is C14H18F5NO. The average molecular weight is 311 g/mol. The van der Waals surface area contributed by atoms with Gasteiger partial charge in [0.15, 0.2) is 0 Å². The number of benzene rings is 1. The molecular weight excluding hydrogens is 293 g/mol. The van der Waals surface area contributed by atoms with Crippen molar-refractivity contribution >= 4 is 0 Å². The molecule has 0 saturated heterocycles. The standard InChI is InChI=1S/C14H18F5NO/c1-9(2)12-4-3-11(21-14(17,18)19)7-10(12)5-6-13(15,16)8-20/h3-4,7,9H,5-6,8,20H2,1-2H3. The topological polar surface area (TPSA) is 35.2 Å². The molecule has 21 heavy (non-hydrogen) atoms. The molecule has 0 aromatic heterocycles. The number of nitrogens with two attached hydrogens (primary N) is 1. The van der Waals surface area contributed by atoms with Crippen LogP contribution in [0.3, 0.4) is 0 Å². The molecule has 1 rings (SSSR count). The Labute approximate surface area is 120 Å². The summed E-state index contributed by atoms with van der Waals surface area (Å²) in [5, 5.41) is 0. The maximum absolute atomic E-state index is 13.2. The monoisotopic (exact) mass is 311 g/mol. The molecule has 0 fully saturated rings. The second-order valence-electron chi connectivity index (χ2n) is 5.12. The summed E-state index contributed by atoms with van der Waals surface area (Å²) in [6.07, 6.45) is -5.39. The van der Waals surface area contributed by atoms with Crippen LogP contribution in [0, 0.1) is 0 Å². The lowest BCUT2D eigenvalue weighted by molar-refractivity contribution is -0.274. The second kappa shape index (κ2) is 6.60. The van der Waals surface area contributed by atoms with Crippen LogP contribution < -0.4 is 10.5 Å². The van der Waals surface area contributed by atoms with Crippen molar-refractivity contribution in [1.29, 1.82) is 0 Å². The first-order valence-corrected chi connectivity index (χ1v) is 6.50. The highest BCUT2D eigenvalue weighted by atomic mass is 19.4. The Kier molecular flexibility index (Phi) is 5.55. The largest absolute Gasteiger partial charge is 0.573 e. The number of hydrogen-bond acceptors (Lipinski definition) is 2. The van der Waals surface area contributed by atoms with E-state index in [9.17, 15) is 22.0 Å². The molecule has 0 amide bonds. The third kappa shape index (κ3) is 5.87. The SMILES string of the molecule is CC(C)c1ccc(OC(F)(F)F)cc1CCC(F)(F)CN. The first kappa shape index (κ1) is 17.7. The molecule has 0 bridgehead atoms. The molecule has 0 aliphatic heterocycles. The van der Waals surface area contributed by atoms with E-state index in [0.717, 1.165) is 11.6 Å². The van der Waals surface area contributed by atoms with Gasteiger partial charge in [0.25, 0.3) is 5.92 Å². The maximum Gasteiger partial charge on any atom is 0.573 e. The number of rotatable bonds is 6. The molecule has 0 radical (unpaired) electrons. The number of aryl methyl sites for hydroxylation is 1. The van der Waals surface area contributed by atoms with Gasteiger partial charge in [0.05, 0.1) is 6.54 Å². The van der Waals surface area contributed by atoms with Crippen molar-refractivity contribution in [3.8, 4) is 5.75 Å². The molecule has 0 aliphatic rings. The Bertz CT molecular complexity index is 471. The van der Waals surface area contributed by atoms with Crippen LogP contribution in [0.1, 0.15) is 37.3 Å². The summed E-state index contributed by atoms with van der Waals surface area (Å²) in [5.74, 6) is -3.43. The number of ether oxygens (including phenoxy) is 1. The summed E-state index contributed by atoms with van der Waals surface area (Å²) in [6, 6.07) is 3.82. The third-order valence-corrected chi connectivity index (χ3v) is 3.03. The van der Waals surface area contributed by atoms with E-state index in [1.165, 1.54) is 12.1 Å². The van der Waals surface area contributed by atoms with E-state index in [1.807, 2.05) is 13.8 Å². The Balaban J connectivity index is 2.99. The molecule has 1 aromatic rings. The quantitative estimate of drug-likeness (QED) is 0.798. The summed E-state index contributed by atoms with van der Waals surface area (Å²) in [7, 11) is 0. The summed E-state index contributed by atoms with van der Waals surface area (Å²) < 4.78 is 66.8. The van der Waals surface area contributed by atoms with Gasteiger partial charge in [0.2, 0.25) is 0 Å². The van der Waals surface area contributed by atoms with Crippen LogP contribution in [0.25, 0.3) is 0 Å². The van der Waals surface area contributed by atoms with Gasteiger partial charge in [-0.3, -0.25) is 0 Å². The van der Waals surface area contributed by atoms with E-state index >= 15 is 0 Å². The summed E-state index contributed by atoms with van der Waals surface area (Å²) in [4.78, 5) is 0. The number of hydrogen-bond donors (Lipinski definition) is 1. The molecule has 0 heterocycles. The van der Waals surface area contributed by atoms with Crippen molar-refractivity contribution in [2.24, 2.45) is 5.73 Å². The minimum absolute atomic E-state index is 0.00596. The fourth-order valence-corrected chi connectivity index (χ4v) is 1.98. The number of alkyl halides is 5. The molecule has 2 nitrogen and oxygen atoms in total. The van der Waals surface area contributed by atoms with Crippen molar-refractivity contribution in [3.63, 3.8) is 0 Å². The van der Waals surface area contributed by atoms with E-state index in [-0.39, 0.29) is 12.3 Å². The zero-order chi connectivity index (χ0) is 16.3. The Morgan fingerprint density at radius 1 is 1.14 bits per heavy atom. The van der Waals surface area contributed by atoms with E-state index in [0.29, 0.717) is 5.56 Å². The van der Waals surface area contributed by atoms with E-state index in [2.05, 4.69) is 4.74 Å². The van der Waals surface area contributed by atoms with Crippen LogP contribution in [-0.2, 0) is 6.42 Å². The Hall–Kier alpha value is -1.37. The fourth-order valence-electron chi connectivity index (χ4n) is 1.98. The lowest BCUT2D eigenvalue weighted by Crippen LogP contribution is -2.28. The molecule has 0 saturated carbocycles. The third-order valence-electron chi connectivity index (χ3n) is 3.03. The van der Waals surface area contributed by atoms with Crippen LogP contribution in [0.5, 0.6) is 5.75 Å². The zero-order valence-electron chi connectivity index (χ0n) is 11.8. The van der Waals surface area contributed by atoms with Crippen molar-refractivity contribution in [2.75, 3.05) is 6.54 Å². The highest BCUT2D eigenvalue weighted by Crippen LogP contribution is 2.30. The maximum atomic E-state index is 13.2. The van der Waals surface area contributed by atoms with Gasteiger partial charge in [-0.25, -0.2) is 8.78 Å². The lowest BCUT2D eigenvalue weighted by Gasteiger charge is -2.18. The van der Waals surface area contributed by atoms with Gasteiger partial charge < -0.3 is 10.5 Å². The van der Waals surface area contributed by atoms with Crippen molar-refractivity contribution in [1.82, 2.24) is 0 Å². The minimum Gasteiger partial charge on any atom is -0.406 e. The second-order valence-corrected chi connectivity index (χ2v) is 5.12. The fraction of sp³-hybridized carbons (Fsp3) is 0.571. The Morgan fingerprint density at radius 3 is 2.24 bits per heavy atom. The smallest absolute Gasteiger partial charge is 0.406 e. The molecule has 1 aromatic carbocycles. The first-order valence-electron chi connectivity index (χ1n) is 6.50. The van der Waals surface area contributed by atoms with Gasteiger partial charge in [-0.15, -0.1) is 13.2 Å². The van der Waals surface area contributed by atoms with Crippen LogP contribution in [0.15, 0.2) is 18.2 Å². The number of halogens is 5. The minimum atomic E-state index is -4.81. The highest BCUT2D eigenvalue weighted by Gasteiger charge is 2.31. The van der Waals surface area contributed by atoms with Crippen molar-refractivity contribution in [3.05, 3.63) is 29.3 Å². The lowest BCUT2D eigenvalue weighted by atomic mass is 9.93. The zero-order valence-corrected chi connectivity index (χ0v) is 11.8. The van der Waals surface area contributed by atoms with Crippen molar-refractivity contribution in [2.45, 2.75) is 44.9 Å². The predicted molar refractivity (Wildman–Crippen MR) is 69.5 cm³/mol. The van der Waals surface area contributed by atoms with E-state index in [1.54, 1.807) is 0 Å². The van der Waals surface area contributed by atoms with Crippen molar-refractivity contribution < 1.29 is 26.7 Å². The molecule has 0 atom stereocenters. The molecule has 7 heteroatoms. The van der Waals surface area contributed by atoms with E-state index < -0.39 is 31.0 Å². The molecule has 2 N–H and O–H groups in total. The van der Waals surface area contributed by atoms with Gasteiger partial charge in [0.1, 0.15) is 5.75 Å². The van der Waals surface area contributed by atoms with Gasteiger partial charge in [-0.2, -0.15) is 0 Å². The molecule has 120 valence electrons. The molecule has 0 aliphatic carbocycles. The molecule has 0 spiro atoms. The first-order chi connectivity index (χ1) is 9.54. The summed E-state index contributed by atoms with van der Waals surface area (Å²) in [6.45, 7) is 2.89. The van der Waals surface area contributed by atoms with Gasteiger partial charge in [-0.05, 0) is 35.6 Å². The van der Waals surface area contributed by atoms with Crippen LogP contribution in [-0.4, -0.2) is 18.8 Å². The predicted octanol–water partition coefficient (Wildman–Crippen LogP) is 4.24. The highest BCUT2D eigenvalue weighted by molar-refractivity contribution is 5.37. The molecule has 0 unspecified atom stereocenters. The van der Waals surface area contributed by atoms with Crippen LogP contribution in [0.2, 0.25) is 0 Å². The van der Waals surface area contributed by atoms with Gasteiger partial charge in [-0.1, -0.05) is 19.9 Å². The van der Waals surface area contributed by atoms with Gasteiger partial charge in [0, 0.05) is 6.42 Å². The normalized spacial score (nSPS) is 12.8. The average Bonchev–Trinajstić information content (AvgIpc) is 2.34. The summed E-state index contributed by atoms with van der Waals surface area (Å²) >= 11 is 0. The van der Waals surface area contributed by atoms with E-state index in [4.69, 9.17) is 5.73 Å². The summed E-state index contributed by atoms with van der Waals surface area (Å²) in [5.41, 5.74) is 6.09. The van der Waals surface area contributed by atoms with Crippen LogP contribution >= 0.6 is 0 Å². The Morgan fingerprint density at radius 2 is 1.76 bits per heavy atom.